The Morgan fingerprint density at radius 3 is 2.85 bits per heavy atom. The summed E-state index contributed by atoms with van der Waals surface area (Å²) in [4.78, 5) is 7.19. The Morgan fingerprint density at radius 1 is 1.33 bits per heavy atom. The van der Waals surface area contributed by atoms with Crippen molar-refractivity contribution in [2.75, 3.05) is 33.9 Å². The molecule has 1 aliphatic heterocycles. The number of rotatable bonds is 6. The highest BCUT2D eigenvalue weighted by Crippen LogP contribution is 2.31. The summed E-state index contributed by atoms with van der Waals surface area (Å²) in [6.07, 6.45) is 5.19. The molecule has 0 amide bonds. The van der Waals surface area contributed by atoms with Crippen LogP contribution in [0.15, 0.2) is 35.6 Å². The van der Waals surface area contributed by atoms with E-state index < -0.39 is 0 Å². The largest absolute Gasteiger partial charge is 0.493 e. The van der Waals surface area contributed by atoms with Crippen LogP contribution < -0.4 is 14.8 Å². The van der Waals surface area contributed by atoms with E-state index in [0.29, 0.717) is 12.5 Å². The van der Waals surface area contributed by atoms with Crippen LogP contribution in [0.3, 0.4) is 0 Å². The van der Waals surface area contributed by atoms with Gasteiger partial charge in [0.2, 0.25) is 0 Å². The Hall–Kier alpha value is -2.70. The molecule has 1 aromatic carbocycles. The van der Waals surface area contributed by atoms with Gasteiger partial charge in [0.1, 0.15) is 0 Å². The molecule has 3 rings (SSSR count). The van der Waals surface area contributed by atoms with Gasteiger partial charge in [-0.15, -0.1) is 0 Å². The number of hydrogen-bond acceptors (Lipinski definition) is 4. The van der Waals surface area contributed by atoms with Gasteiger partial charge in [-0.05, 0) is 25.0 Å². The van der Waals surface area contributed by atoms with E-state index in [0.717, 1.165) is 49.1 Å². The number of ether oxygens (including phenoxy) is 2. The van der Waals surface area contributed by atoms with Crippen molar-refractivity contribution in [3.8, 4) is 11.5 Å². The van der Waals surface area contributed by atoms with Crippen molar-refractivity contribution < 1.29 is 9.47 Å². The van der Waals surface area contributed by atoms with E-state index >= 15 is 0 Å². The van der Waals surface area contributed by atoms with E-state index in [1.807, 2.05) is 36.1 Å². The van der Waals surface area contributed by atoms with Crippen LogP contribution >= 0.6 is 0 Å². The van der Waals surface area contributed by atoms with Crippen LogP contribution in [0, 0.1) is 0 Å². The Balaban J connectivity index is 1.74. The Labute approximate surface area is 161 Å². The number of nitrogens with zero attached hydrogens (tertiary/aromatic N) is 4. The van der Waals surface area contributed by atoms with Crippen LogP contribution in [-0.2, 0) is 13.6 Å². The normalized spacial score (nSPS) is 17.3. The van der Waals surface area contributed by atoms with Crippen molar-refractivity contribution in [3.05, 3.63) is 41.7 Å². The number of guanidine groups is 1. The summed E-state index contributed by atoms with van der Waals surface area (Å²) in [6.45, 7) is 5.41. The number of methoxy groups -OCH3 is 2. The first kappa shape index (κ1) is 19.1. The highest BCUT2D eigenvalue weighted by molar-refractivity contribution is 5.80. The number of aromatic nitrogens is 2. The van der Waals surface area contributed by atoms with E-state index in [1.165, 1.54) is 5.56 Å². The van der Waals surface area contributed by atoms with Crippen LogP contribution in [0.5, 0.6) is 11.5 Å². The molecule has 1 N–H and O–H groups in total. The van der Waals surface area contributed by atoms with E-state index in [4.69, 9.17) is 14.5 Å². The lowest BCUT2D eigenvalue weighted by molar-refractivity contribution is 0.351. The van der Waals surface area contributed by atoms with Crippen molar-refractivity contribution in [3.63, 3.8) is 0 Å². The zero-order valence-electron chi connectivity index (χ0n) is 16.6. The molecule has 0 saturated carbocycles. The number of aryl methyl sites for hydroxylation is 1. The fourth-order valence-corrected chi connectivity index (χ4v) is 3.54. The number of aliphatic imine (C=N–C) groups is 1. The van der Waals surface area contributed by atoms with Gasteiger partial charge in [-0.1, -0.05) is 12.1 Å². The van der Waals surface area contributed by atoms with Gasteiger partial charge < -0.3 is 19.7 Å². The Bertz CT molecular complexity index is 786. The second-order valence-electron chi connectivity index (χ2n) is 6.70. The molecule has 27 heavy (non-hydrogen) atoms. The monoisotopic (exact) mass is 371 g/mol. The van der Waals surface area contributed by atoms with Crippen LogP contribution in [0.2, 0.25) is 0 Å². The molecule has 7 nitrogen and oxygen atoms in total. The summed E-state index contributed by atoms with van der Waals surface area (Å²) in [6, 6.07) is 5.89. The van der Waals surface area contributed by atoms with Gasteiger partial charge in [0.15, 0.2) is 17.5 Å². The minimum absolute atomic E-state index is 0.494. The van der Waals surface area contributed by atoms with Crippen LogP contribution in [0.25, 0.3) is 0 Å². The van der Waals surface area contributed by atoms with Crippen LogP contribution in [0.4, 0.5) is 0 Å². The molecule has 1 atom stereocenters. The molecule has 0 spiro atoms. The van der Waals surface area contributed by atoms with Gasteiger partial charge in [-0.3, -0.25) is 4.68 Å². The SMILES string of the molecule is CCNC(=NCc1cccc(OC)c1OC)N1CCC(c2cnn(C)c2)C1. The highest BCUT2D eigenvalue weighted by Gasteiger charge is 2.27. The van der Waals surface area contributed by atoms with Crippen molar-refractivity contribution in [2.45, 2.75) is 25.8 Å². The minimum atomic E-state index is 0.494. The fraction of sp³-hybridized carbons (Fsp3) is 0.500. The van der Waals surface area contributed by atoms with Gasteiger partial charge in [0.25, 0.3) is 0 Å². The topological polar surface area (TPSA) is 63.9 Å². The number of para-hydroxylation sites is 1. The Kier molecular flexibility index (Phi) is 6.21. The minimum Gasteiger partial charge on any atom is -0.493 e. The number of nitrogens with one attached hydrogen (secondary N) is 1. The van der Waals surface area contributed by atoms with Gasteiger partial charge in [0.05, 0.1) is 27.0 Å². The molecule has 1 saturated heterocycles. The summed E-state index contributed by atoms with van der Waals surface area (Å²) in [5.41, 5.74) is 2.31. The summed E-state index contributed by atoms with van der Waals surface area (Å²) in [5.74, 6) is 2.91. The zero-order valence-corrected chi connectivity index (χ0v) is 16.6. The van der Waals surface area contributed by atoms with E-state index in [1.54, 1.807) is 14.2 Å². The molecule has 7 heteroatoms. The van der Waals surface area contributed by atoms with Gasteiger partial charge in [-0.25, -0.2) is 4.99 Å². The third-order valence-corrected chi connectivity index (χ3v) is 4.90. The van der Waals surface area contributed by atoms with Gasteiger partial charge >= 0.3 is 0 Å². The highest BCUT2D eigenvalue weighted by atomic mass is 16.5. The molecule has 0 bridgehead atoms. The van der Waals surface area contributed by atoms with Crippen molar-refractivity contribution in [2.24, 2.45) is 12.0 Å². The predicted molar refractivity (Wildman–Crippen MR) is 107 cm³/mol. The summed E-state index contributed by atoms with van der Waals surface area (Å²) < 4.78 is 12.8. The molecule has 1 aromatic heterocycles. The third kappa shape index (κ3) is 4.35. The maximum absolute atomic E-state index is 5.52. The van der Waals surface area contributed by atoms with Crippen molar-refractivity contribution >= 4 is 5.96 Å². The first-order valence-corrected chi connectivity index (χ1v) is 9.38. The first-order valence-electron chi connectivity index (χ1n) is 9.38. The lowest BCUT2D eigenvalue weighted by Gasteiger charge is -2.22. The van der Waals surface area contributed by atoms with Crippen molar-refractivity contribution in [1.82, 2.24) is 20.0 Å². The molecule has 0 radical (unpaired) electrons. The van der Waals surface area contributed by atoms with Crippen molar-refractivity contribution in [1.29, 1.82) is 0 Å². The fourth-order valence-electron chi connectivity index (χ4n) is 3.54. The summed E-state index contributed by atoms with van der Waals surface area (Å²) >= 11 is 0. The number of likely N-dealkylation sites (tertiary alicyclic amines) is 1. The summed E-state index contributed by atoms with van der Waals surface area (Å²) in [7, 11) is 5.27. The molecular weight excluding hydrogens is 342 g/mol. The quantitative estimate of drug-likeness (QED) is 0.624. The second-order valence-corrected chi connectivity index (χ2v) is 6.70. The molecule has 1 aliphatic rings. The molecule has 1 unspecified atom stereocenters. The standard InChI is InChI=1S/C20H29N5O2/c1-5-21-20(22-11-15-7-6-8-18(26-3)19(15)27-4)25-10-9-16(14-25)17-12-23-24(2)13-17/h6-8,12-13,16H,5,9-11,14H2,1-4H3,(H,21,22). The van der Waals surface area contributed by atoms with E-state index in [-0.39, 0.29) is 0 Å². The number of benzene rings is 1. The first-order chi connectivity index (χ1) is 13.2. The maximum atomic E-state index is 5.52. The van der Waals surface area contributed by atoms with E-state index in [9.17, 15) is 0 Å². The number of hydrogen-bond donors (Lipinski definition) is 1. The Morgan fingerprint density at radius 2 is 2.19 bits per heavy atom. The lowest BCUT2D eigenvalue weighted by Crippen LogP contribution is -2.40. The molecule has 2 aromatic rings. The van der Waals surface area contributed by atoms with E-state index in [2.05, 4.69) is 28.4 Å². The van der Waals surface area contributed by atoms with Crippen LogP contribution in [0.1, 0.15) is 30.4 Å². The van der Waals surface area contributed by atoms with Gasteiger partial charge in [-0.2, -0.15) is 5.10 Å². The summed E-state index contributed by atoms with van der Waals surface area (Å²) in [5, 5.41) is 7.73. The smallest absolute Gasteiger partial charge is 0.194 e. The molecule has 0 aliphatic carbocycles. The third-order valence-electron chi connectivity index (χ3n) is 4.90. The van der Waals surface area contributed by atoms with Gasteiger partial charge in [0, 0.05) is 44.4 Å². The van der Waals surface area contributed by atoms with Crippen LogP contribution in [-0.4, -0.2) is 54.5 Å². The maximum Gasteiger partial charge on any atom is 0.194 e. The zero-order chi connectivity index (χ0) is 19.2. The average Bonchev–Trinajstić information content (AvgIpc) is 3.33. The molecule has 146 valence electrons. The molecule has 1 fully saturated rings. The average molecular weight is 371 g/mol. The lowest BCUT2D eigenvalue weighted by atomic mass is 10.0. The molecule has 2 heterocycles. The molecular formula is C20H29N5O2. The predicted octanol–water partition coefficient (Wildman–Crippen LogP) is 2.39. The second kappa shape index (κ2) is 8.79.